The van der Waals surface area contributed by atoms with Crippen LogP contribution in [-0.4, -0.2) is 6.54 Å². The zero-order valence-corrected chi connectivity index (χ0v) is 10.8. The lowest BCUT2D eigenvalue weighted by molar-refractivity contribution is 0.519. The Labute approximate surface area is 104 Å². The summed E-state index contributed by atoms with van der Waals surface area (Å²) in [7, 11) is 0. The molecule has 1 rings (SSSR count). The molecular weight excluding hydrogens is 218 g/mol. The van der Waals surface area contributed by atoms with Gasteiger partial charge in [-0.3, -0.25) is 0 Å². The first-order valence-electron chi connectivity index (χ1n) is 5.78. The Bertz CT molecular complexity index is 326. The number of hydrogen-bond acceptors (Lipinski definition) is 1. The smallest absolute Gasteiger partial charge is 0.0411 e. The molecule has 2 heteroatoms. The number of hydrogen-bond donors (Lipinski definition) is 1. The lowest BCUT2D eigenvalue weighted by Crippen LogP contribution is -2.20. The molecular formula is C14H20ClN. The van der Waals surface area contributed by atoms with Gasteiger partial charge >= 0.3 is 0 Å². The minimum Gasteiger partial charge on any atom is -0.310 e. The van der Waals surface area contributed by atoms with Crippen molar-refractivity contribution < 1.29 is 0 Å². The van der Waals surface area contributed by atoms with Crippen molar-refractivity contribution in [2.75, 3.05) is 6.54 Å². The van der Waals surface area contributed by atoms with Gasteiger partial charge in [-0.05, 0) is 49.6 Å². The van der Waals surface area contributed by atoms with Crippen LogP contribution in [0.3, 0.4) is 0 Å². The Hall–Kier alpha value is -0.790. The summed E-state index contributed by atoms with van der Waals surface area (Å²) in [4.78, 5) is 0. The lowest BCUT2D eigenvalue weighted by atomic mass is 10.00. The first kappa shape index (κ1) is 13.3. The van der Waals surface area contributed by atoms with Crippen molar-refractivity contribution >= 4 is 11.6 Å². The van der Waals surface area contributed by atoms with Crippen molar-refractivity contribution in [3.63, 3.8) is 0 Å². The molecule has 0 aliphatic carbocycles. The molecule has 88 valence electrons. The minimum atomic E-state index is 0.375. The molecule has 0 aromatic heterocycles. The van der Waals surface area contributed by atoms with Crippen molar-refractivity contribution in [3.8, 4) is 0 Å². The van der Waals surface area contributed by atoms with E-state index in [1.807, 2.05) is 18.2 Å². The first-order chi connectivity index (χ1) is 7.67. The molecule has 1 aromatic carbocycles. The topological polar surface area (TPSA) is 12.0 Å². The van der Waals surface area contributed by atoms with Crippen molar-refractivity contribution in [1.82, 2.24) is 5.32 Å². The van der Waals surface area contributed by atoms with E-state index in [-0.39, 0.29) is 0 Å². The molecule has 0 heterocycles. The van der Waals surface area contributed by atoms with E-state index >= 15 is 0 Å². The molecule has 1 unspecified atom stereocenters. The van der Waals surface area contributed by atoms with E-state index in [0.717, 1.165) is 24.4 Å². The van der Waals surface area contributed by atoms with Crippen LogP contribution in [-0.2, 0) is 0 Å². The average Bonchev–Trinajstić information content (AvgIpc) is 2.22. The third kappa shape index (κ3) is 3.99. The zero-order valence-electron chi connectivity index (χ0n) is 10.1. The summed E-state index contributed by atoms with van der Waals surface area (Å²) in [6.07, 6.45) is 4.04. The molecule has 16 heavy (non-hydrogen) atoms. The van der Waals surface area contributed by atoms with Crippen LogP contribution in [0.5, 0.6) is 0 Å². The molecule has 1 nitrogen and oxygen atoms in total. The van der Waals surface area contributed by atoms with Gasteiger partial charge in [-0.2, -0.15) is 0 Å². The normalized spacial score (nSPS) is 12.4. The number of rotatable bonds is 6. The highest BCUT2D eigenvalue weighted by Gasteiger charge is 2.10. The first-order valence-corrected chi connectivity index (χ1v) is 6.16. The van der Waals surface area contributed by atoms with Crippen molar-refractivity contribution in [2.45, 2.75) is 32.7 Å². The largest absolute Gasteiger partial charge is 0.310 e. The van der Waals surface area contributed by atoms with E-state index in [2.05, 4.69) is 31.8 Å². The van der Waals surface area contributed by atoms with Gasteiger partial charge in [-0.15, -0.1) is 6.58 Å². The van der Waals surface area contributed by atoms with E-state index in [1.54, 1.807) is 0 Å². The second kappa shape index (κ2) is 6.72. The fourth-order valence-corrected chi connectivity index (χ4v) is 2.18. The van der Waals surface area contributed by atoms with Crippen LogP contribution in [0.15, 0.2) is 30.9 Å². The van der Waals surface area contributed by atoms with Crippen LogP contribution in [0.1, 0.15) is 36.9 Å². The summed E-state index contributed by atoms with van der Waals surface area (Å²) >= 11 is 6.08. The maximum absolute atomic E-state index is 6.08. The van der Waals surface area contributed by atoms with E-state index in [4.69, 9.17) is 11.6 Å². The molecule has 0 aliphatic heterocycles. The second-order valence-corrected chi connectivity index (χ2v) is 4.47. The van der Waals surface area contributed by atoms with Gasteiger partial charge in [0.1, 0.15) is 0 Å². The van der Waals surface area contributed by atoms with Crippen LogP contribution < -0.4 is 5.32 Å². The zero-order chi connectivity index (χ0) is 12.0. The Kier molecular flexibility index (Phi) is 5.58. The molecule has 0 spiro atoms. The number of nitrogens with one attached hydrogen (secondary N) is 1. The average molecular weight is 238 g/mol. The molecule has 1 atom stereocenters. The summed E-state index contributed by atoms with van der Waals surface area (Å²) in [6.45, 7) is 8.93. The summed E-state index contributed by atoms with van der Waals surface area (Å²) in [5.74, 6) is 0. The van der Waals surface area contributed by atoms with Gasteiger partial charge in [-0.25, -0.2) is 0 Å². The maximum Gasteiger partial charge on any atom is 0.0411 e. The van der Waals surface area contributed by atoms with E-state index in [0.29, 0.717) is 6.04 Å². The number of allylic oxidation sites excluding steroid dienone is 1. The molecule has 0 radical (unpaired) electrons. The van der Waals surface area contributed by atoms with Gasteiger partial charge in [0.05, 0.1) is 0 Å². The summed E-state index contributed by atoms with van der Waals surface area (Å²) in [5.41, 5.74) is 2.48. The summed E-state index contributed by atoms with van der Waals surface area (Å²) < 4.78 is 0. The Morgan fingerprint density at radius 2 is 2.19 bits per heavy atom. The molecule has 0 bridgehead atoms. The third-order valence-electron chi connectivity index (χ3n) is 2.58. The number of aryl methyl sites for hydroxylation is 1. The van der Waals surface area contributed by atoms with Gasteiger partial charge < -0.3 is 5.32 Å². The van der Waals surface area contributed by atoms with Crippen molar-refractivity contribution in [1.29, 1.82) is 0 Å². The number of benzene rings is 1. The molecule has 0 aliphatic rings. The van der Waals surface area contributed by atoms with Crippen molar-refractivity contribution in [2.24, 2.45) is 0 Å². The van der Waals surface area contributed by atoms with Crippen LogP contribution in [0.2, 0.25) is 5.02 Å². The van der Waals surface area contributed by atoms with Crippen LogP contribution in [0, 0.1) is 6.92 Å². The van der Waals surface area contributed by atoms with Gasteiger partial charge in [-0.1, -0.05) is 30.7 Å². The summed E-state index contributed by atoms with van der Waals surface area (Å²) in [5, 5.41) is 4.30. The molecule has 1 aromatic rings. The molecule has 0 fully saturated rings. The predicted octanol–water partition coefficient (Wildman–Crippen LogP) is 4.27. The molecule has 0 saturated heterocycles. The number of halogens is 1. The molecule has 0 saturated carbocycles. The second-order valence-electron chi connectivity index (χ2n) is 4.04. The highest BCUT2D eigenvalue weighted by molar-refractivity contribution is 6.30. The Balaban J connectivity index is 2.85. The van der Waals surface area contributed by atoms with Crippen LogP contribution in [0.4, 0.5) is 0 Å². The van der Waals surface area contributed by atoms with E-state index in [1.165, 1.54) is 11.1 Å². The minimum absolute atomic E-state index is 0.375. The maximum atomic E-state index is 6.08. The standard InChI is InChI=1S/C14H20ClN/c1-4-6-7-14(16-5-2)12-8-11(3)9-13(15)10-12/h4,8-10,14,16H,1,5-7H2,2-3H3. The van der Waals surface area contributed by atoms with Gasteiger partial charge in [0, 0.05) is 11.1 Å². The lowest BCUT2D eigenvalue weighted by Gasteiger charge is -2.18. The van der Waals surface area contributed by atoms with Gasteiger partial charge in [0.25, 0.3) is 0 Å². The van der Waals surface area contributed by atoms with E-state index in [9.17, 15) is 0 Å². The van der Waals surface area contributed by atoms with E-state index < -0.39 is 0 Å². The van der Waals surface area contributed by atoms with Crippen molar-refractivity contribution in [3.05, 3.63) is 47.0 Å². The quantitative estimate of drug-likeness (QED) is 0.729. The third-order valence-corrected chi connectivity index (χ3v) is 2.80. The fourth-order valence-electron chi connectivity index (χ4n) is 1.88. The highest BCUT2D eigenvalue weighted by atomic mass is 35.5. The predicted molar refractivity (Wildman–Crippen MR) is 72.0 cm³/mol. The SMILES string of the molecule is C=CCCC(NCC)c1cc(C)cc(Cl)c1. The Morgan fingerprint density at radius 3 is 2.75 bits per heavy atom. The summed E-state index contributed by atoms with van der Waals surface area (Å²) in [6, 6.07) is 6.61. The monoisotopic (exact) mass is 237 g/mol. The van der Waals surface area contributed by atoms with Gasteiger partial charge in [0.15, 0.2) is 0 Å². The highest BCUT2D eigenvalue weighted by Crippen LogP contribution is 2.23. The molecule has 0 amide bonds. The van der Waals surface area contributed by atoms with Crippen LogP contribution in [0.25, 0.3) is 0 Å². The molecule has 1 N–H and O–H groups in total. The van der Waals surface area contributed by atoms with Gasteiger partial charge in [0.2, 0.25) is 0 Å². The van der Waals surface area contributed by atoms with Crippen LogP contribution >= 0.6 is 11.6 Å². The Morgan fingerprint density at radius 1 is 1.44 bits per heavy atom. The fraction of sp³-hybridized carbons (Fsp3) is 0.429.